The van der Waals surface area contributed by atoms with Crippen LogP contribution in [0.25, 0.3) is 10.8 Å². The van der Waals surface area contributed by atoms with E-state index in [1.807, 2.05) is 0 Å². The van der Waals surface area contributed by atoms with E-state index in [1.54, 1.807) is 24.3 Å². The van der Waals surface area contributed by atoms with Crippen molar-refractivity contribution in [2.24, 2.45) is 4.99 Å². The first-order valence-corrected chi connectivity index (χ1v) is 6.40. The van der Waals surface area contributed by atoms with E-state index >= 15 is 0 Å². The third-order valence-electron chi connectivity index (χ3n) is 2.26. The summed E-state index contributed by atoms with van der Waals surface area (Å²) in [6, 6.07) is 9.24. The fourth-order valence-electron chi connectivity index (χ4n) is 1.49. The van der Waals surface area contributed by atoms with Crippen LogP contribution in [-0.4, -0.2) is 18.1 Å². The summed E-state index contributed by atoms with van der Waals surface area (Å²) in [5.41, 5.74) is 0.630. The van der Waals surface area contributed by atoms with Crippen LogP contribution in [0.3, 0.4) is 0 Å². The molecule has 0 fully saturated rings. The number of aliphatic imine (C=N–C) groups is 1. The number of rotatable bonds is 2. The molecule has 7 heteroatoms. The van der Waals surface area contributed by atoms with Gasteiger partial charge in [0.1, 0.15) is 10.1 Å². The van der Waals surface area contributed by atoms with Crippen LogP contribution in [0.15, 0.2) is 46.3 Å². The normalized spacial score (nSPS) is 10.5. The summed E-state index contributed by atoms with van der Waals surface area (Å²) in [5.74, 6) is 0. The molecular formula is C11H6NNaO3S2. The summed E-state index contributed by atoms with van der Waals surface area (Å²) in [5, 5.41) is 3.69. The Morgan fingerprint density at radius 2 is 1.72 bits per heavy atom. The van der Waals surface area contributed by atoms with Gasteiger partial charge in [-0.25, -0.2) is 8.42 Å². The van der Waals surface area contributed by atoms with Crippen molar-refractivity contribution in [3.63, 3.8) is 0 Å². The van der Waals surface area contributed by atoms with E-state index in [0.717, 1.165) is 5.39 Å². The Kier molecular flexibility index (Phi) is 5.19. The molecule has 0 amide bonds. The molecule has 0 heterocycles. The fourth-order valence-corrected chi connectivity index (χ4v) is 2.10. The van der Waals surface area contributed by atoms with Gasteiger partial charge in [0.25, 0.3) is 0 Å². The van der Waals surface area contributed by atoms with Crippen molar-refractivity contribution in [3.8, 4) is 0 Å². The molecule has 0 aliphatic rings. The molecule has 0 unspecified atom stereocenters. The molecule has 2 aromatic rings. The Labute approximate surface area is 132 Å². The summed E-state index contributed by atoms with van der Waals surface area (Å²) >= 11 is 4.49. The van der Waals surface area contributed by atoms with Crippen molar-refractivity contribution >= 4 is 44.0 Å². The topological polar surface area (TPSA) is 69.6 Å². The minimum absolute atomic E-state index is 0. The van der Waals surface area contributed by atoms with E-state index in [9.17, 15) is 13.0 Å². The maximum absolute atomic E-state index is 10.8. The number of nitrogens with zero attached hydrogens (tertiary/aromatic N) is 1. The van der Waals surface area contributed by atoms with Crippen molar-refractivity contribution in [3.05, 3.63) is 36.4 Å². The number of hydrogen-bond donors (Lipinski definition) is 0. The van der Waals surface area contributed by atoms with Crippen LogP contribution in [0.4, 0.5) is 5.69 Å². The van der Waals surface area contributed by atoms with E-state index in [-0.39, 0.29) is 34.5 Å². The zero-order valence-corrected chi connectivity index (χ0v) is 13.1. The van der Waals surface area contributed by atoms with Gasteiger partial charge in [-0.15, -0.1) is 0 Å². The Balaban J connectivity index is 0.00000162. The summed E-state index contributed by atoms with van der Waals surface area (Å²) in [7, 11) is -4.42. The molecule has 0 aliphatic heterocycles. The third-order valence-corrected chi connectivity index (χ3v) is 3.18. The van der Waals surface area contributed by atoms with E-state index in [1.165, 1.54) is 12.1 Å². The first-order valence-electron chi connectivity index (χ1n) is 4.58. The predicted octanol–water partition coefficient (Wildman–Crippen LogP) is -0.518. The minimum Gasteiger partial charge on any atom is -0.744 e. The van der Waals surface area contributed by atoms with Gasteiger partial charge in [0, 0.05) is 0 Å². The van der Waals surface area contributed by atoms with Gasteiger partial charge in [-0.1, -0.05) is 12.1 Å². The average molecular weight is 287 g/mol. The fraction of sp³-hybridized carbons (Fsp3) is 0. The number of hydrogen-bond acceptors (Lipinski definition) is 5. The van der Waals surface area contributed by atoms with Crippen LogP contribution in [0.2, 0.25) is 0 Å². The average Bonchev–Trinajstić information content (AvgIpc) is 2.27. The Morgan fingerprint density at radius 1 is 1.11 bits per heavy atom. The molecule has 2 aromatic carbocycles. The summed E-state index contributed by atoms with van der Waals surface area (Å²) in [6.45, 7) is 0. The van der Waals surface area contributed by atoms with Gasteiger partial charge in [0.15, 0.2) is 0 Å². The van der Waals surface area contributed by atoms with Crippen LogP contribution in [0.5, 0.6) is 0 Å². The maximum Gasteiger partial charge on any atom is 1.00 e. The van der Waals surface area contributed by atoms with Crippen LogP contribution in [-0.2, 0) is 10.1 Å². The van der Waals surface area contributed by atoms with E-state index in [0.29, 0.717) is 11.1 Å². The molecule has 0 N–H and O–H groups in total. The second-order valence-electron chi connectivity index (χ2n) is 3.35. The van der Waals surface area contributed by atoms with Gasteiger partial charge < -0.3 is 4.55 Å². The number of isothiocyanates is 1. The smallest absolute Gasteiger partial charge is 0.744 e. The SMILES string of the molecule is O=S(=O)([O-])c1ccc2cc(N=C=S)ccc2c1.[Na+]. The number of thiocarbonyl (C=S) groups is 1. The van der Waals surface area contributed by atoms with E-state index in [4.69, 9.17) is 0 Å². The third kappa shape index (κ3) is 3.46. The minimum atomic E-state index is -4.42. The molecule has 2 rings (SSSR count). The number of benzene rings is 2. The zero-order chi connectivity index (χ0) is 12.5. The molecule has 0 radical (unpaired) electrons. The van der Waals surface area contributed by atoms with Gasteiger partial charge in [-0.05, 0) is 47.3 Å². The van der Waals surface area contributed by atoms with Crippen molar-refractivity contribution in [2.45, 2.75) is 4.90 Å². The first-order chi connectivity index (χ1) is 8.00. The predicted molar refractivity (Wildman–Crippen MR) is 66.6 cm³/mol. The van der Waals surface area contributed by atoms with Gasteiger partial charge in [0.05, 0.1) is 15.7 Å². The van der Waals surface area contributed by atoms with Crippen molar-refractivity contribution < 1.29 is 42.5 Å². The van der Waals surface area contributed by atoms with Crippen molar-refractivity contribution in [1.82, 2.24) is 0 Å². The van der Waals surface area contributed by atoms with Gasteiger partial charge in [-0.2, -0.15) is 4.99 Å². The monoisotopic (exact) mass is 287 g/mol. The Hall–Kier alpha value is -0.590. The molecule has 0 aliphatic carbocycles. The largest absolute Gasteiger partial charge is 1.00 e. The second kappa shape index (κ2) is 6.04. The molecular weight excluding hydrogens is 281 g/mol. The summed E-state index contributed by atoms with van der Waals surface area (Å²) < 4.78 is 32.5. The van der Waals surface area contributed by atoms with E-state index in [2.05, 4.69) is 22.4 Å². The van der Waals surface area contributed by atoms with Gasteiger partial charge in [0.2, 0.25) is 0 Å². The standard InChI is InChI=1S/C11H7NO3S2.Na/c13-17(14,15)11-4-2-8-5-10(12-7-16)3-1-9(8)6-11;/h1-6H,(H,13,14,15);/q;+1/p-1. The summed E-state index contributed by atoms with van der Waals surface area (Å²) in [6.07, 6.45) is 0. The molecule has 4 nitrogen and oxygen atoms in total. The maximum atomic E-state index is 10.8. The second-order valence-corrected chi connectivity index (χ2v) is 4.91. The molecule has 0 atom stereocenters. The van der Waals surface area contributed by atoms with Crippen molar-refractivity contribution in [1.29, 1.82) is 0 Å². The molecule has 18 heavy (non-hydrogen) atoms. The van der Waals surface area contributed by atoms with Crippen molar-refractivity contribution in [2.75, 3.05) is 0 Å². The molecule has 0 saturated heterocycles. The molecule has 0 saturated carbocycles. The Bertz CT molecular complexity index is 737. The first kappa shape index (κ1) is 15.5. The van der Waals surface area contributed by atoms with Gasteiger partial charge in [-0.3, -0.25) is 0 Å². The summed E-state index contributed by atoms with van der Waals surface area (Å²) in [4.78, 5) is 3.57. The van der Waals surface area contributed by atoms with Crippen LogP contribution in [0, 0.1) is 0 Å². The molecule has 86 valence electrons. The van der Waals surface area contributed by atoms with Crippen LogP contribution >= 0.6 is 12.2 Å². The van der Waals surface area contributed by atoms with Crippen LogP contribution < -0.4 is 29.6 Å². The zero-order valence-electron chi connectivity index (χ0n) is 9.45. The molecule has 0 aromatic heterocycles. The molecule has 0 bridgehead atoms. The Morgan fingerprint density at radius 3 is 2.33 bits per heavy atom. The van der Waals surface area contributed by atoms with Gasteiger partial charge >= 0.3 is 29.6 Å². The molecule has 0 spiro atoms. The van der Waals surface area contributed by atoms with Crippen LogP contribution in [0.1, 0.15) is 0 Å². The number of fused-ring (bicyclic) bond motifs is 1. The quantitative estimate of drug-likeness (QED) is 0.323. The van der Waals surface area contributed by atoms with E-state index < -0.39 is 10.1 Å².